The summed E-state index contributed by atoms with van der Waals surface area (Å²) in [4.78, 5) is 0. The van der Waals surface area contributed by atoms with Crippen molar-refractivity contribution < 1.29 is 0 Å². The van der Waals surface area contributed by atoms with Crippen molar-refractivity contribution in [2.24, 2.45) is 5.92 Å². The normalized spacial score (nSPS) is 25.0. The number of nitrogens with one attached hydrogen (secondary N) is 1. The molecular weight excluding hydrogens is 278 g/mol. The number of hydrogen-bond acceptors (Lipinski definition) is 1. The van der Waals surface area contributed by atoms with E-state index in [0.29, 0.717) is 0 Å². The molecule has 1 heteroatoms. The minimum Gasteiger partial charge on any atom is -0.314 e. The maximum atomic E-state index is 3.96. The highest BCUT2D eigenvalue weighted by atomic mass is 14.9. The van der Waals surface area contributed by atoms with E-state index in [4.69, 9.17) is 0 Å². The Labute approximate surface area is 146 Å². The summed E-state index contributed by atoms with van der Waals surface area (Å²) >= 11 is 0. The SMILES string of the molecule is C1CCCCCC(NCCC2CCCCCCCC2)CCCC1. The van der Waals surface area contributed by atoms with Crippen LogP contribution in [0.25, 0.3) is 0 Å². The summed E-state index contributed by atoms with van der Waals surface area (Å²) in [7, 11) is 0. The zero-order valence-corrected chi connectivity index (χ0v) is 15.8. The van der Waals surface area contributed by atoms with Gasteiger partial charge >= 0.3 is 0 Å². The van der Waals surface area contributed by atoms with Crippen molar-refractivity contribution in [1.82, 2.24) is 5.32 Å². The molecule has 2 fully saturated rings. The van der Waals surface area contributed by atoms with Gasteiger partial charge in [0, 0.05) is 6.04 Å². The van der Waals surface area contributed by atoms with Crippen molar-refractivity contribution in [2.75, 3.05) is 6.54 Å². The Bertz CT molecular complexity index is 241. The fourth-order valence-electron chi connectivity index (χ4n) is 4.69. The minimum absolute atomic E-state index is 0.824. The van der Waals surface area contributed by atoms with Crippen LogP contribution in [0.2, 0.25) is 0 Å². The van der Waals surface area contributed by atoms with Crippen LogP contribution in [0.15, 0.2) is 0 Å². The zero-order chi connectivity index (χ0) is 16.0. The Hall–Kier alpha value is -0.0400. The second kappa shape index (κ2) is 13.3. The quantitative estimate of drug-likeness (QED) is 0.587. The number of hydrogen-bond donors (Lipinski definition) is 1. The Kier molecular flexibility index (Phi) is 11.1. The molecule has 0 amide bonds. The molecule has 2 saturated carbocycles. The van der Waals surface area contributed by atoms with Gasteiger partial charge in [0.05, 0.1) is 0 Å². The van der Waals surface area contributed by atoms with Crippen molar-refractivity contribution in [3.63, 3.8) is 0 Å². The average molecular weight is 322 g/mol. The Morgan fingerprint density at radius 3 is 1.35 bits per heavy atom. The predicted octanol–water partition coefficient (Wildman–Crippen LogP) is 7.00. The Morgan fingerprint density at radius 1 is 0.478 bits per heavy atom. The summed E-state index contributed by atoms with van der Waals surface area (Å²) in [5, 5.41) is 3.96. The van der Waals surface area contributed by atoms with Gasteiger partial charge in [-0.1, -0.05) is 103 Å². The topological polar surface area (TPSA) is 12.0 Å². The lowest BCUT2D eigenvalue weighted by Crippen LogP contribution is -2.31. The molecule has 0 heterocycles. The molecule has 1 N–H and O–H groups in total. The van der Waals surface area contributed by atoms with Gasteiger partial charge in [-0.2, -0.15) is 0 Å². The predicted molar refractivity (Wildman–Crippen MR) is 103 cm³/mol. The lowest BCUT2D eigenvalue weighted by molar-refractivity contribution is 0.359. The van der Waals surface area contributed by atoms with Crippen LogP contribution in [0.1, 0.15) is 122 Å². The van der Waals surface area contributed by atoms with Crippen molar-refractivity contribution in [1.29, 1.82) is 0 Å². The minimum atomic E-state index is 0.824. The van der Waals surface area contributed by atoms with Crippen LogP contribution in [0.3, 0.4) is 0 Å². The Balaban J connectivity index is 1.62. The molecule has 23 heavy (non-hydrogen) atoms. The van der Waals surface area contributed by atoms with Gasteiger partial charge in [-0.25, -0.2) is 0 Å². The third-order valence-corrected chi connectivity index (χ3v) is 6.32. The van der Waals surface area contributed by atoms with Gasteiger partial charge in [-0.05, 0) is 31.7 Å². The molecule has 2 rings (SSSR count). The van der Waals surface area contributed by atoms with Gasteiger partial charge < -0.3 is 5.32 Å². The maximum absolute atomic E-state index is 3.96. The summed E-state index contributed by atoms with van der Waals surface area (Å²) in [6, 6.07) is 0.824. The Morgan fingerprint density at radius 2 is 0.870 bits per heavy atom. The van der Waals surface area contributed by atoms with Crippen molar-refractivity contribution >= 4 is 0 Å². The smallest absolute Gasteiger partial charge is 0.00670 e. The molecule has 0 unspecified atom stereocenters. The van der Waals surface area contributed by atoms with Gasteiger partial charge in [0.15, 0.2) is 0 Å². The van der Waals surface area contributed by atoms with E-state index in [1.54, 1.807) is 0 Å². The molecule has 0 aromatic carbocycles. The highest BCUT2D eigenvalue weighted by molar-refractivity contribution is 4.71. The molecule has 0 bridgehead atoms. The van der Waals surface area contributed by atoms with Crippen molar-refractivity contribution in [2.45, 2.75) is 128 Å². The first-order chi connectivity index (χ1) is 11.4. The summed E-state index contributed by atoms with van der Waals surface area (Å²) in [6.07, 6.45) is 28.1. The van der Waals surface area contributed by atoms with Gasteiger partial charge in [-0.15, -0.1) is 0 Å². The lowest BCUT2D eigenvalue weighted by atomic mass is 9.93. The van der Waals surface area contributed by atoms with Gasteiger partial charge in [0.1, 0.15) is 0 Å². The molecule has 2 aliphatic rings. The highest BCUT2D eigenvalue weighted by Gasteiger charge is 2.13. The van der Waals surface area contributed by atoms with Crippen molar-refractivity contribution in [3.05, 3.63) is 0 Å². The number of rotatable bonds is 4. The second-order valence-electron chi connectivity index (χ2n) is 8.41. The van der Waals surface area contributed by atoms with E-state index in [9.17, 15) is 0 Å². The van der Waals surface area contributed by atoms with Crippen LogP contribution in [0.5, 0.6) is 0 Å². The van der Waals surface area contributed by atoms with E-state index in [0.717, 1.165) is 12.0 Å². The van der Waals surface area contributed by atoms with Crippen LogP contribution in [0, 0.1) is 5.92 Å². The van der Waals surface area contributed by atoms with E-state index in [1.165, 1.54) is 129 Å². The molecule has 0 spiro atoms. The largest absolute Gasteiger partial charge is 0.314 e. The van der Waals surface area contributed by atoms with Gasteiger partial charge in [0.2, 0.25) is 0 Å². The highest BCUT2D eigenvalue weighted by Crippen LogP contribution is 2.24. The first-order valence-electron chi connectivity index (χ1n) is 11.2. The van der Waals surface area contributed by atoms with Crippen molar-refractivity contribution in [3.8, 4) is 0 Å². The molecule has 0 aliphatic heterocycles. The molecule has 0 aromatic heterocycles. The molecule has 0 radical (unpaired) electrons. The molecule has 0 saturated heterocycles. The molecule has 2 aliphatic carbocycles. The first-order valence-corrected chi connectivity index (χ1v) is 11.2. The van der Waals surface area contributed by atoms with E-state index >= 15 is 0 Å². The third kappa shape index (κ3) is 9.75. The van der Waals surface area contributed by atoms with Crippen LogP contribution in [-0.2, 0) is 0 Å². The standard InChI is InChI=1S/C22H43N/c1-2-4-10-14-18-22(17-13-9-3-1)23-20-19-21-15-11-7-5-6-8-12-16-21/h21-23H,1-20H2. The molecule has 136 valence electrons. The molecule has 0 aromatic rings. The van der Waals surface area contributed by atoms with Crippen LogP contribution in [-0.4, -0.2) is 12.6 Å². The van der Waals surface area contributed by atoms with E-state index in [2.05, 4.69) is 5.32 Å². The summed E-state index contributed by atoms with van der Waals surface area (Å²) in [5.74, 6) is 1.02. The van der Waals surface area contributed by atoms with E-state index in [1.807, 2.05) is 0 Å². The summed E-state index contributed by atoms with van der Waals surface area (Å²) in [6.45, 7) is 1.29. The fourth-order valence-corrected chi connectivity index (χ4v) is 4.69. The summed E-state index contributed by atoms with van der Waals surface area (Å²) < 4.78 is 0. The zero-order valence-electron chi connectivity index (χ0n) is 15.8. The third-order valence-electron chi connectivity index (χ3n) is 6.32. The monoisotopic (exact) mass is 321 g/mol. The molecular formula is C22H43N. The van der Waals surface area contributed by atoms with Crippen LogP contribution >= 0.6 is 0 Å². The van der Waals surface area contributed by atoms with E-state index in [-0.39, 0.29) is 0 Å². The maximum Gasteiger partial charge on any atom is 0.00670 e. The molecule has 1 nitrogen and oxygen atoms in total. The molecule has 0 atom stereocenters. The fraction of sp³-hybridized carbons (Fsp3) is 1.00. The average Bonchev–Trinajstić information content (AvgIpc) is 2.65. The van der Waals surface area contributed by atoms with Crippen LogP contribution < -0.4 is 5.32 Å². The summed E-state index contributed by atoms with van der Waals surface area (Å²) in [5.41, 5.74) is 0. The second-order valence-corrected chi connectivity index (χ2v) is 8.41. The van der Waals surface area contributed by atoms with Gasteiger partial charge in [-0.3, -0.25) is 0 Å². The van der Waals surface area contributed by atoms with Gasteiger partial charge in [0.25, 0.3) is 0 Å². The van der Waals surface area contributed by atoms with E-state index < -0.39 is 0 Å². The van der Waals surface area contributed by atoms with Crippen LogP contribution in [0.4, 0.5) is 0 Å². The first kappa shape index (κ1) is 19.3. The lowest BCUT2D eigenvalue weighted by Gasteiger charge is -2.21.